The largest absolute Gasteiger partial charge is 0.465 e. The highest BCUT2D eigenvalue weighted by atomic mass is 16.3. The molecule has 2 heterocycles. The normalized spacial score (nSPS) is 10.1. The Kier molecular flexibility index (Phi) is 3.05. The van der Waals surface area contributed by atoms with E-state index in [-0.39, 0.29) is 0 Å². The monoisotopic (exact) mass is 218 g/mol. The first kappa shape index (κ1) is 10.5. The number of nitrogens with zero attached hydrogens (tertiary/aromatic N) is 2. The molecule has 0 amide bonds. The standard InChI is InChI=1S/C11H14N4O/c1-8-3-4-9(16-8)7-14-10-5-6-13-11(12-2)15-10/h3-6H,7H2,1-2H3,(H2,12,13,14,15). The SMILES string of the molecule is CNc1nccc(NCc2ccc(C)o2)n1. The summed E-state index contributed by atoms with van der Waals surface area (Å²) in [6.45, 7) is 2.54. The maximum absolute atomic E-state index is 5.44. The smallest absolute Gasteiger partial charge is 0.224 e. The fourth-order valence-electron chi connectivity index (χ4n) is 1.34. The van der Waals surface area contributed by atoms with E-state index in [9.17, 15) is 0 Å². The molecule has 0 aromatic carbocycles. The number of furan rings is 1. The van der Waals surface area contributed by atoms with E-state index in [0.717, 1.165) is 17.3 Å². The zero-order valence-corrected chi connectivity index (χ0v) is 9.32. The highest BCUT2D eigenvalue weighted by molar-refractivity contribution is 5.39. The van der Waals surface area contributed by atoms with E-state index in [1.807, 2.05) is 25.1 Å². The summed E-state index contributed by atoms with van der Waals surface area (Å²) in [6.07, 6.45) is 1.70. The van der Waals surface area contributed by atoms with Crippen molar-refractivity contribution >= 4 is 11.8 Å². The first-order chi connectivity index (χ1) is 7.78. The van der Waals surface area contributed by atoms with Crippen LogP contribution in [0.15, 0.2) is 28.8 Å². The fraction of sp³-hybridized carbons (Fsp3) is 0.273. The molecule has 16 heavy (non-hydrogen) atoms. The van der Waals surface area contributed by atoms with Gasteiger partial charge in [0.1, 0.15) is 17.3 Å². The third kappa shape index (κ3) is 2.50. The molecule has 0 spiro atoms. The van der Waals surface area contributed by atoms with Gasteiger partial charge in [0.05, 0.1) is 6.54 Å². The molecule has 0 bridgehead atoms. The van der Waals surface area contributed by atoms with Crippen molar-refractivity contribution in [2.45, 2.75) is 13.5 Å². The third-order valence-corrected chi connectivity index (χ3v) is 2.12. The quantitative estimate of drug-likeness (QED) is 0.822. The molecule has 2 N–H and O–H groups in total. The molecule has 2 aromatic rings. The number of nitrogens with one attached hydrogen (secondary N) is 2. The van der Waals surface area contributed by atoms with Gasteiger partial charge in [-0.3, -0.25) is 0 Å². The number of hydrogen-bond acceptors (Lipinski definition) is 5. The van der Waals surface area contributed by atoms with Crippen LogP contribution in [0.25, 0.3) is 0 Å². The molecule has 0 aliphatic heterocycles. The van der Waals surface area contributed by atoms with Crippen molar-refractivity contribution < 1.29 is 4.42 Å². The van der Waals surface area contributed by atoms with Gasteiger partial charge in [0.15, 0.2) is 0 Å². The second-order valence-electron chi connectivity index (χ2n) is 3.38. The summed E-state index contributed by atoms with van der Waals surface area (Å²) in [5.74, 6) is 3.17. The van der Waals surface area contributed by atoms with Gasteiger partial charge in [0.2, 0.25) is 5.95 Å². The Bertz CT molecular complexity index is 467. The molecular weight excluding hydrogens is 204 g/mol. The summed E-state index contributed by atoms with van der Waals surface area (Å²) in [5.41, 5.74) is 0. The van der Waals surface area contributed by atoms with Crippen LogP contribution < -0.4 is 10.6 Å². The van der Waals surface area contributed by atoms with Gasteiger partial charge in [0, 0.05) is 13.2 Å². The molecule has 5 heteroatoms. The second kappa shape index (κ2) is 4.65. The van der Waals surface area contributed by atoms with Gasteiger partial charge in [-0.1, -0.05) is 0 Å². The van der Waals surface area contributed by atoms with Gasteiger partial charge < -0.3 is 15.1 Å². The fourth-order valence-corrected chi connectivity index (χ4v) is 1.34. The van der Waals surface area contributed by atoms with Gasteiger partial charge in [-0.2, -0.15) is 4.98 Å². The van der Waals surface area contributed by atoms with E-state index in [0.29, 0.717) is 12.5 Å². The lowest BCUT2D eigenvalue weighted by atomic mass is 10.4. The topological polar surface area (TPSA) is 63.0 Å². The third-order valence-electron chi connectivity index (χ3n) is 2.12. The summed E-state index contributed by atoms with van der Waals surface area (Å²) < 4.78 is 5.44. The van der Waals surface area contributed by atoms with Crippen LogP contribution in [-0.2, 0) is 6.54 Å². The van der Waals surface area contributed by atoms with Crippen LogP contribution in [0, 0.1) is 6.92 Å². The molecule has 0 radical (unpaired) electrons. The van der Waals surface area contributed by atoms with E-state index in [4.69, 9.17) is 4.42 Å². The minimum atomic E-state index is 0.598. The highest BCUT2D eigenvalue weighted by Crippen LogP contribution is 2.10. The number of rotatable bonds is 4. The lowest BCUT2D eigenvalue weighted by Crippen LogP contribution is -2.03. The van der Waals surface area contributed by atoms with Crippen molar-refractivity contribution in [2.24, 2.45) is 0 Å². The predicted octanol–water partition coefficient (Wildman–Crippen LogP) is 2.03. The summed E-state index contributed by atoms with van der Waals surface area (Å²) in [6, 6.07) is 5.70. The van der Waals surface area contributed by atoms with E-state index in [1.54, 1.807) is 13.2 Å². The Morgan fingerprint density at radius 2 is 2.19 bits per heavy atom. The summed E-state index contributed by atoms with van der Waals surface area (Å²) in [7, 11) is 1.79. The molecule has 0 unspecified atom stereocenters. The minimum absolute atomic E-state index is 0.598. The number of aryl methyl sites for hydroxylation is 1. The molecule has 2 aromatic heterocycles. The van der Waals surface area contributed by atoms with Crippen LogP contribution in [0.2, 0.25) is 0 Å². The van der Waals surface area contributed by atoms with Crippen LogP contribution in [0.1, 0.15) is 11.5 Å². The van der Waals surface area contributed by atoms with E-state index >= 15 is 0 Å². The minimum Gasteiger partial charge on any atom is -0.465 e. The van der Waals surface area contributed by atoms with Gasteiger partial charge in [-0.25, -0.2) is 4.98 Å². The average molecular weight is 218 g/mol. The van der Waals surface area contributed by atoms with Crippen LogP contribution in [0.5, 0.6) is 0 Å². The van der Waals surface area contributed by atoms with Crippen molar-refractivity contribution in [3.8, 4) is 0 Å². The summed E-state index contributed by atoms with van der Waals surface area (Å²) in [5, 5.41) is 6.05. The Morgan fingerprint density at radius 3 is 2.88 bits per heavy atom. The Labute approximate surface area is 93.9 Å². The summed E-state index contributed by atoms with van der Waals surface area (Å²) in [4.78, 5) is 8.27. The van der Waals surface area contributed by atoms with Crippen LogP contribution >= 0.6 is 0 Å². The van der Waals surface area contributed by atoms with Gasteiger partial charge in [-0.15, -0.1) is 0 Å². The zero-order valence-electron chi connectivity index (χ0n) is 9.32. The molecule has 2 rings (SSSR count). The first-order valence-electron chi connectivity index (χ1n) is 5.08. The van der Waals surface area contributed by atoms with Crippen molar-refractivity contribution in [3.63, 3.8) is 0 Å². The van der Waals surface area contributed by atoms with Crippen LogP contribution in [0.3, 0.4) is 0 Å². The number of hydrogen-bond donors (Lipinski definition) is 2. The van der Waals surface area contributed by atoms with Gasteiger partial charge in [0.25, 0.3) is 0 Å². The molecule has 0 atom stereocenters. The molecular formula is C11H14N4O. The molecule has 0 aliphatic rings. The van der Waals surface area contributed by atoms with Gasteiger partial charge >= 0.3 is 0 Å². The van der Waals surface area contributed by atoms with Crippen molar-refractivity contribution in [1.82, 2.24) is 9.97 Å². The van der Waals surface area contributed by atoms with Crippen molar-refractivity contribution in [1.29, 1.82) is 0 Å². The van der Waals surface area contributed by atoms with E-state index < -0.39 is 0 Å². The second-order valence-corrected chi connectivity index (χ2v) is 3.38. The molecule has 0 saturated carbocycles. The van der Waals surface area contributed by atoms with Gasteiger partial charge in [-0.05, 0) is 25.1 Å². The highest BCUT2D eigenvalue weighted by Gasteiger charge is 2.00. The van der Waals surface area contributed by atoms with Crippen LogP contribution in [0.4, 0.5) is 11.8 Å². The molecule has 0 aliphatic carbocycles. The summed E-state index contributed by atoms with van der Waals surface area (Å²) >= 11 is 0. The molecule has 5 nitrogen and oxygen atoms in total. The number of anilines is 2. The van der Waals surface area contributed by atoms with Crippen molar-refractivity contribution in [3.05, 3.63) is 35.9 Å². The Hall–Kier alpha value is -2.04. The molecule has 0 saturated heterocycles. The predicted molar refractivity (Wildman–Crippen MR) is 62.4 cm³/mol. The lowest BCUT2D eigenvalue weighted by Gasteiger charge is -2.04. The maximum atomic E-state index is 5.44. The van der Waals surface area contributed by atoms with E-state index in [1.165, 1.54) is 0 Å². The maximum Gasteiger partial charge on any atom is 0.224 e. The van der Waals surface area contributed by atoms with E-state index in [2.05, 4.69) is 20.6 Å². The van der Waals surface area contributed by atoms with Crippen LogP contribution in [-0.4, -0.2) is 17.0 Å². The molecule has 84 valence electrons. The van der Waals surface area contributed by atoms with Crippen molar-refractivity contribution in [2.75, 3.05) is 17.7 Å². The Balaban J connectivity index is 1.99. The Morgan fingerprint density at radius 1 is 1.31 bits per heavy atom. The first-order valence-corrected chi connectivity index (χ1v) is 5.08. The lowest BCUT2D eigenvalue weighted by molar-refractivity contribution is 0.490. The number of aromatic nitrogens is 2. The average Bonchev–Trinajstić information content (AvgIpc) is 2.73. The zero-order chi connectivity index (χ0) is 11.4. The molecule has 0 fully saturated rings.